The number of hydrogen-bond donors (Lipinski definition) is 2. The highest BCUT2D eigenvalue weighted by molar-refractivity contribution is 5.77. The van der Waals surface area contributed by atoms with E-state index in [1.165, 1.54) is 36.4 Å². The Morgan fingerprint density at radius 2 is 1.96 bits per heavy atom. The Morgan fingerprint density at radius 3 is 2.46 bits per heavy atom. The van der Waals surface area contributed by atoms with E-state index in [0.717, 1.165) is 12.1 Å². The van der Waals surface area contributed by atoms with Crippen LogP contribution in [0.2, 0.25) is 0 Å². The van der Waals surface area contributed by atoms with Crippen molar-refractivity contribution in [3.63, 3.8) is 0 Å². The minimum Gasteiger partial charge on any atom is -0.478 e. The normalized spacial score (nSPS) is 13.7. The van der Waals surface area contributed by atoms with E-state index in [1.54, 1.807) is 0 Å². The number of ether oxygens (including phenoxy) is 1. The number of hydrogen-bond acceptors (Lipinski definition) is 5. The molecule has 2 aromatic rings. The summed E-state index contributed by atoms with van der Waals surface area (Å²) >= 11 is 0. The molecule has 2 rings (SSSR count). The van der Waals surface area contributed by atoms with Crippen LogP contribution in [0.3, 0.4) is 0 Å². The maximum absolute atomic E-state index is 12.5. The second-order valence-electron chi connectivity index (χ2n) is 5.34. The number of nitrogens with zero attached hydrogens (tertiary/aromatic N) is 3. The molecule has 8 nitrogen and oxygen atoms in total. The zero-order valence-electron chi connectivity index (χ0n) is 13.5. The second kappa shape index (κ2) is 7.85. The average molecular weight is 372 g/mol. The molecule has 0 radical (unpaired) electrons. The molecule has 0 aliphatic rings. The number of benzene rings is 1. The number of rotatable bonds is 6. The number of carboxylic acids is 1. The van der Waals surface area contributed by atoms with E-state index < -0.39 is 35.9 Å². The monoisotopic (exact) mass is 372 g/mol. The molecule has 1 aromatic heterocycles. The number of aromatic nitrogens is 3. The summed E-state index contributed by atoms with van der Waals surface area (Å²) in [7, 11) is 0. The predicted octanol–water partition coefficient (Wildman–Crippen LogP) is 2.24. The Hall–Kier alpha value is -3.11. The summed E-state index contributed by atoms with van der Waals surface area (Å²) in [5.41, 5.74) is -0.409. The molecule has 2 N–H and O–H groups in total. The van der Waals surface area contributed by atoms with Gasteiger partial charge >= 0.3 is 18.2 Å². The van der Waals surface area contributed by atoms with Crippen molar-refractivity contribution in [1.29, 1.82) is 0 Å². The first-order valence-corrected chi connectivity index (χ1v) is 7.36. The molecule has 1 heterocycles. The van der Waals surface area contributed by atoms with Gasteiger partial charge < -0.3 is 15.2 Å². The number of carbonyl (C=O) groups excluding carboxylic acids is 1. The first kappa shape index (κ1) is 19.2. The van der Waals surface area contributed by atoms with Crippen molar-refractivity contribution in [3.05, 3.63) is 48.0 Å². The number of alkyl halides is 3. The summed E-state index contributed by atoms with van der Waals surface area (Å²) in [6, 6.07) is 3.54. The van der Waals surface area contributed by atoms with Gasteiger partial charge in [-0.1, -0.05) is 12.1 Å². The molecule has 0 saturated heterocycles. The number of halogens is 3. The number of aliphatic carboxylic acids is 1. The van der Waals surface area contributed by atoms with Crippen LogP contribution in [0.1, 0.15) is 24.1 Å². The fraction of sp³-hybridized carbons (Fsp3) is 0.333. The van der Waals surface area contributed by atoms with Crippen LogP contribution >= 0.6 is 0 Å². The molecule has 0 aliphatic heterocycles. The number of nitrogens with one attached hydrogen (secondary N) is 1. The maximum atomic E-state index is 12.5. The van der Waals surface area contributed by atoms with Crippen LogP contribution < -0.4 is 5.32 Å². The number of carboxylic acid groups (broad SMARTS) is 1. The van der Waals surface area contributed by atoms with E-state index in [4.69, 9.17) is 9.84 Å². The standard InChI is InChI=1S/C15H15F3N4O4/c1-9(10-2-4-11(5-3-10)15(16,17)18)21-14(25)26-12(13(23)24)6-22-8-19-7-20-22/h2-5,7-9,12H,6H2,1H3,(H,21,25)(H,23,24)/t9-,12?/m0/s1. The minimum absolute atomic E-state index is 0.239. The molecule has 1 amide bonds. The molecule has 140 valence electrons. The summed E-state index contributed by atoms with van der Waals surface area (Å²) in [5.74, 6) is -1.38. The fourth-order valence-electron chi connectivity index (χ4n) is 2.05. The van der Waals surface area contributed by atoms with Gasteiger partial charge in [-0.25, -0.2) is 19.3 Å². The molecule has 0 saturated carbocycles. The third-order valence-electron chi connectivity index (χ3n) is 3.42. The first-order chi connectivity index (χ1) is 12.2. The average Bonchev–Trinajstić information content (AvgIpc) is 3.06. The smallest absolute Gasteiger partial charge is 0.416 e. The van der Waals surface area contributed by atoms with Crippen molar-refractivity contribution in [2.45, 2.75) is 31.8 Å². The molecule has 11 heteroatoms. The van der Waals surface area contributed by atoms with E-state index >= 15 is 0 Å². The lowest BCUT2D eigenvalue weighted by Gasteiger charge is -2.18. The van der Waals surface area contributed by atoms with Crippen LogP contribution in [-0.4, -0.2) is 38.0 Å². The molecule has 1 aromatic carbocycles. The van der Waals surface area contributed by atoms with Crippen LogP contribution in [0, 0.1) is 0 Å². The summed E-state index contributed by atoms with van der Waals surface area (Å²) in [6.45, 7) is 1.29. The quantitative estimate of drug-likeness (QED) is 0.806. The Labute approximate surface area is 145 Å². The van der Waals surface area contributed by atoms with Gasteiger partial charge in [0.1, 0.15) is 12.7 Å². The van der Waals surface area contributed by atoms with Gasteiger partial charge in [0.15, 0.2) is 0 Å². The summed E-state index contributed by atoms with van der Waals surface area (Å²) in [4.78, 5) is 26.7. The van der Waals surface area contributed by atoms with Gasteiger partial charge in [0.25, 0.3) is 0 Å². The SMILES string of the molecule is C[C@H](NC(=O)OC(Cn1cncn1)C(=O)O)c1ccc(C(F)(F)F)cc1. The maximum Gasteiger partial charge on any atom is 0.416 e. The minimum atomic E-state index is -4.45. The molecule has 0 spiro atoms. The van der Waals surface area contributed by atoms with Gasteiger partial charge in [0, 0.05) is 0 Å². The largest absolute Gasteiger partial charge is 0.478 e. The highest BCUT2D eigenvalue weighted by Crippen LogP contribution is 2.29. The molecular formula is C15H15F3N4O4. The molecule has 1 unspecified atom stereocenters. The van der Waals surface area contributed by atoms with E-state index in [1.807, 2.05) is 0 Å². The molecule has 2 atom stereocenters. The van der Waals surface area contributed by atoms with Crippen molar-refractivity contribution in [3.8, 4) is 0 Å². The Kier molecular flexibility index (Phi) is 5.80. The highest BCUT2D eigenvalue weighted by Gasteiger charge is 2.30. The molecular weight excluding hydrogens is 357 g/mol. The molecule has 26 heavy (non-hydrogen) atoms. The predicted molar refractivity (Wildman–Crippen MR) is 80.9 cm³/mol. The molecule has 0 fully saturated rings. The van der Waals surface area contributed by atoms with Crippen LogP contribution in [0.4, 0.5) is 18.0 Å². The third kappa shape index (κ3) is 5.19. The summed E-state index contributed by atoms with van der Waals surface area (Å²) in [5, 5.41) is 15.2. The molecule has 0 aliphatic carbocycles. The topological polar surface area (TPSA) is 106 Å². The van der Waals surface area contributed by atoms with E-state index in [9.17, 15) is 22.8 Å². The second-order valence-corrected chi connectivity index (χ2v) is 5.34. The van der Waals surface area contributed by atoms with Crippen molar-refractivity contribution in [2.75, 3.05) is 0 Å². The fourth-order valence-corrected chi connectivity index (χ4v) is 2.05. The lowest BCUT2D eigenvalue weighted by atomic mass is 10.1. The van der Waals surface area contributed by atoms with Crippen LogP contribution in [-0.2, 0) is 22.3 Å². The number of carbonyl (C=O) groups is 2. The van der Waals surface area contributed by atoms with Gasteiger partial charge in [0.05, 0.1) is 18.2 Å². The van der Waals surface area contributed by atoms with Crippen LogP contribution in [0.25, 0.3) is 0 Å². The van der Waals surface area contributed by atoms with Crippen molar-refractivity contribution >= 4 is 12.1 Å². The summed E-state index contributed by atoms with van der Waals surface area (Å²) < 4.78 is 43.7. The van der Waals surface area contributed by atoms with Gasteiger partial charge in [-0.3, -0.25) is 0 Å². The lowest BCUT2D eigenvalue weighted by Crippen LogP contribution is -2.37. The first-order valence-electron chi connectivity index (χ1n) is 7.36. The Morgan fingerprint density at radius 1 is 1.31 bits per heavy atom. The van der Waals surface area contributed by atoms with Crippen molar-refractivity contribution in [1.82, 2.24) is 20.1 Å². The van der Waals surface area contributed by atoms with Gasteiger partial charge in [-0.15, -0.1) is 0 Å². The third-order valence-corrected chi connectivity index (χ3v) is 3.42. The number of alkyl carbamates (subject to hydrolysis) is 1. The Bertz CT molecular complexity index is 747. The number of amides is 1. The van der Waals surface area contributed by atoms with Crippen LogP contribution in [0.15, 0.2) is 36.9 Å². The van der Waals surface area contributed by atoms with Gasteiger partial charge in [-0.2, -0.15) is 18.3 Å². The molecule has 0 bridgehead atoms. The van der Waals surface area contributed by atoms with Gasteiger partial charge in [-0.05, 0) is 24.6 Å². The van der Waals surface area contributed by atoms with Crippen molar-refractivity contribution < 1.29 is 32.6 Å². The van der Waals surface area contributed by atoms with E-state index in [0.29, 0.717) is 5.56 Å². The van der Waals surface area contributed by atoms with Gasteiger partial charge in [0.2, 0.25) is 6.10 Å². The van der Waals surface area contributed by atoms with Crippen molar-refractivity contribution in [2.24, 2.45) is 0 Å². The highest BCUT2D eigenvalue weighted by atomic mass is 19.4. The van der Waals surface area contributed by atoms with E-state index in [2.05, 4.69) is 15.4 Å². The zero-order valence-corrected chi connectivity index (χ0v) is 13.5. The lowest BCUT2D eigenvalue weighted by molar-refractivity contribution is -0.147. The zero-order chi connectivity index (χ0) is 19.3. The Balaban J connectivity index is 1.95. The van der Waals surface area contributed by atoms with Crippen LogP contribution in [0.5, 0.6) is 0 Å². The van der Waals surface area contributed by atoms with E-state index in [-0.39, 0.29) is 6.54 Å². The summed E-state index contributed by atoms with van der Waals surface area (Å²) in [6.07, 6.45) is -4.51.